The Labute approximate surface area is 122 Å². The van der Waals surface area contributed by atoms with E-state index in [9.17, 15) is 0 Å². The Morgan fingerprint density at radius 1 is 1.33 bits per heavy atom. The third kappa shape index (κ3) is 2.53. The van der Waals surface area contributed by atoms with Crippen LogP contribution in [0, 0.1) is 0 Å². The Bertz CT molecular complexity index is 832. The summed E-state index contributed by atoms with van der Waals surface area (Å²) in [5, 5.41) is 3.19. The van der Waals surface area contributed by atoms with Gasteiger partial charge in [0.1, 0.15) is 0 Å². The van der Waals surface area contributed by atoms with Crippen molar-refractivity contribution in [1.82, 2.24) is 19.9 Å². The van der Waals surface area contributed by atoms with Crippen LogP contribution in [0.1, 0.15) is 18.2 Å². The van der Waals surface area contributed by atoms with Crippen LogP contribution in [0.2, 0.25) is 0 Å². The summed E-state index contributed by atoms with van der Waals surface area (Å²) in [6, 6.07) is 5.84. The molecule has 0 radical (unpaired) electrons. The largest absolute Gasteiger partial charge is 0.345 e. The topological polar surface area (TPSA) is 66.5 Å². The number of nitrogens with zero attached hydrogens (tertiary/aromatic N) is 3. The second-order valence-corrected chi connectivity index (χ2v) is 4.74. The highest BCUT2D eigenvalue weighted by molar-refractivity contribution is 5.79. The van der Waals surface area contributed by atoms with E-state index in [4.69, 9.17) is 0 Å². The molecule has 2 aromatic heterocycles. The molecule has 3 aromatic rings. The second kappa shape index (κ2) is 5.20. The summed E-state index contributed by atoms with van der Waals surface area (Å²) in [5.41, 5.74) is 5.32. The van der Waals surface area contributed by atoms with Crippen LogP contribution in [0.15, 0.2) is 43.9 Å². The molecule has 0 unspecified atom stereocenters. The van der Waals surface area contributed by atoms with Crippen LogP contribution in [0.5, 0.6) is 0 Å². The van der Waals surface area contributed by atoms with Gasteiger partial charge in [-0.25, -0.2) is 15.0 Å². The maximum atomic E-state index is 4.49. The van der Waals surface area contributed by atoms with Crippen molar-refractivity contribution in [3.63, 3.8) is 0 Å². The fourth-order valence-corrected chi connectivity index (χ4v) is 2.09. The zero-order valence-electron chi connectivity index (χ0n) is 11.7. The SMILES string of the molecule is C=Cc1cnc(Nc2ccc3nc[nH]c3c2)nc1C(=C)C. The molecule has 1 aromatic carbocycles. The first-order valence-corrected chi connectivity index (χ1v) is 6.53. The standard InChI is InChI=1S/C16H15N5/c1-4-11-8-17-16(21-15(11)10(2)3)20-12-5-6-13-14(7-12)19-9-18-13/h4-9H,1-2H2,3H3,(H,18,19)(H,17,20,21). The van der Waals surface area contributed by atoms with Gasteiger partial charge in [0, 0.05) is 17.4 Å². The Hall–Kier alpha value is -2.95. The van der Waals surface area contributed by atoms with Crippen molar-refractivity contribution in [2.24, 2.45) is 0 Å². The van der Waals surface area contributed by atoms with E-state index in [1.54, 1.807) is 18.6 Å². The predicted octanol–water partition coefficient (Wildman–Crippen LogP) is 3.77. The lowest BCUT2D eigenvalue weighted by Gasteiger charge is -2.09. The lowest BCUT2D eigenvalue weighted by Crippen LogP contribution is -2.01. The molecule has 0 aliphatic heterocycles. The quantitative estimate of drug-likeness (QED) is 0.761. The van der Waals surface area contributed by atoms with Gasteiger partial charge in [-0.1, -0.05) is 19.2 Å². The normalized spacial score (nSPS) is 10.5. The van der Waals surface area contributed by atoms with Crippen LogP contribution in [0.4, 0.5) is 11.6 Å². The number of aromatic nitrogens is 4. The van der Waals surface area contributed by atoms with Gasteiger partial charge in [0.05, 0.1) is 23.1 Å². The number of hydrogen-bond acceptors (Lipinski definition) is 4. The van der Waals surface area contributed by atoms with Gasteiger partial charge < -0.3 is 10.3 Å². The molecule has 0 saturated carbocycles. The summed E-state index contributed by atoms with van der Waals surface area (Å²) in [4.78, 5) is 16.0. The maximum Gasteiger partial charge on any atom is 0.227 e. The molecular formula is C16H15N5. The van der Waals surface area contributed by atoms with Crippen molar-refractivity contribution in [2.45, 2.75) is 6.92 Å². The van der Waals surface area contributed by atoms with Gasteiger partial charge in [0.15, 0.2) is 0 Å². The van der Waals surface area contributed by atoms with Crippen LogP contribution >= 0.6 is 0 Å². The Morgan fingerprint density at radius 3 is 2.95 bits per heavy atom. The number of anilines is 2. The van der Waals surface area contributed by atoms with E-state index >= 15 is 0 Å². The van der Waals surface area contributed by atoms with Crippen LogP contribution < -0.4 is 5.32 Å². The lowest BCUT2D eigenvalue weighted by molar-refractivity contribution is 1.13. The summed E-state index contributed by atoms with van der Waals surface area (Å²) >= 11 is 0. The molecule has 0 saturated heterocycles. The number of hydrogen-bond donors (Lipinski definition) is 2. The first-order chi connectivity index (χ1) is 10.2. The second-order valence-electron chi connectivity index (χ2n) is 4.74. The molecule has 5 heteroatoms. The minimum atomic E-state index is 0.525. The van der Waals surface area contributed by atoms with Crippen molar-refractivity contribution in [3.8, 4) is 0 Å². The number of allylic oxidation sites excluding steroid dienone is 1. The molecular weight excluding hydrogens is 262 g/mol. The monoisotopic (exact) mass is 277 g/mol. The number of fused-ring (bicyclic) bond motifs is 1. The van der Waals surface area contributed by atoms with E-state index in [1.165, 1.54) is 0 Å². The van der Waals surface area contributed by atoms with E-state index in [0.717, 1.165) is 33.6 Å². The number of rotatable bonds is 4. The van der Waals surface area contributed by atoms with Crippen LogP contribution in [0.3, 0.4) is 0 Å². The minimum absolute atomic E-state index is 0.525. The smallest absolute Gasteiger partial charge is 0.227 e. The van der Waals surface area contributed by atoms with Gasteiger partial charge in [-0.15, -0.1) is 0 Å². The van der Waals surface area contributed by atoms with Crippen molar-refractivity contribution in [3.05, 3.63) is 55.1 Å². The number of aromatic amines is 1. The zero-order chi connectivity index (χ0) is 14.8. The molecule has 0 aliphatic rings. The summed E-state index contributed by atoms with van der Waals surface area (Å²) in [7, 11) is 0. The van der Waals surface area contributed by atoms with Gasteiger partial charge in [-0.3, -0.25) is 0 Å². The van der Waals surface area contributed by atoms with Gasteiger partial charge in [0.25, 0.3) is 0 Å². The summed E-state index contributed by atoms with van der Waals surface area (Å²) in [5.74, 6) is 0.525. The van der Waals surface area contributed by atoms with Crippen molar-refractivity contribution in [2.75, 3.05) is 5.32 Å². The first-order valence-electron chi connectivity index (χ1n) is 6.53. The minimum Gasteiger partial charge on any atom is -0.345 e. The average molecular weight is 277 g/mol. The molecule has 0 spiro atoms. The van der Waals surface area contributed by atoms with Crippen molar-refractivity contribution >= 4 is 34.3 Å². The number of nitrogens with one attached hydrogen (secondary N) is 2. The van der Waals surface area contributed by atoms with Crippen LogP contribution in [0.25, 0.3) is 22.7 Å². The van der Waals surface area contributed by atoms with E-state index < -0.39 is 0 Å². The molecule has 0 aliphatic carbocycles. The van der Waals surface area contributed by atoms with E-state index in [0.29, 0.717) is 5.95 Å². The maximum absolute atomic E-state index is 4.49. The molecule has 2 N–H and O–H groups in total. The number of benzene rings is 1. The van der Waals surface area contributed by atoms with Crippen LogP contribution in [-0.4, -0.2) is 19.9 Å². The van der Waals surface area contributed by atoms with Crippen LogP contribution in [-0.2, 0) is 0 Å². The predicted molar refractivity (Wildman–Crippen MR) is 86.2 cm³/mol. The van der Waals surface area contributed by atoms with E-state index in [2.05, 4.69) is 38.4 Å². The van der Waals surface area contributed by atoms with Crippen molar-refractivity contribution in [1.29, 1.82) is 0 Å². The third-order valence-corrected chi connectivity index (χ3v) is 3.12. The molecule has 3 rings (SSSR count). The Morgan fingerprint density at radius 2 is 2.19 bits per heavy atom. The average Bonchev–Trinajstić information content (AvgIpc) is 2.94. The molecule has 2 heterocycles. The highest BCUT2D eigenvalue weighted by atomic mass is 15.1. The summed E-state index contributed by atoms with van der Waals surface area (Å²) in [6.07, 6.45) is 5.13. The van der Waals surface area contributed by atoms with E-state index in [-0.39, 0.29) is 0 Å². The Balaban J connectivity index is 1.95. The third-order valence-electron chi connectivity index (χ3n) is 3.12. The lowest BCUT2D eigenvalue weighted by atomic mass is 10.1. The Kier molecular flexibility index (Phi) is 3.23. The van der Waals surface area contributed by atoms with Gasteiger partial charge in [0.2, 0.25) is 5.95 Å². The zero-order valence-corrected chi connectivity index (χ0v) is 11.7. The molecule has 5 nitrogen and oxygen atoms in total. The van der Waals surface area contributed by atoms with Gasteiger partial charge in [-0.05, 0) is 30.7 Å². The molecule has 0 fully saturated rings. The van der Waals surface area contributed by atoms with Gasteiger partial charge >= 0.3 is 0 Å². The molecule has 0 bridgehead atoms. The molecule has 21 heavy (non-hydrogen) atoms. The van der Waals surface area contributed by atoms with Crippen molar-refractivity contribution < 1.29 is 0 Å². The summed E-state index contributed by atoms with van der Waals surface area (Å²) < 4.78 is 0. The number of H-pyrrole nitrogens is 1. The first kappa shape index (κ1) is 13.1. The number of imidazole rings is 1. The summed E-state index contributed by atoms with van der Waals surface area (Å²) in [6.45, 7) is 9.61. The molecule has 0 atom stereocenters. The fourth-order valence-electron chi connectivity index (χ4n) is 2.09. The highest BCUT2D eigenvalue weighted by Gasteiger charge is 2.06. The molecule has 104 valence electrons. The fraction of sp³-hybridized carbons (Fsp3) is 0.0625. The highest BCUT2D eigenvalue weighted by Crippen LogP contribution is 2.21. The van der Waals surface area contributed by atoms with Gasteiger partial charge in [-0.2, -0.15) is 0 Å². The van der Waals surface area contributed by atoms with E-state index in [1.807, 2.05) is 25.1 Å². The molecule has 0 amide bonds.